The third-order valence-corrected chi connectivity index (χ3v) is 9.91. The third-order valence-electron chi connectivity index (χ3n) is 8.05. The molecule has 1 heterocycles. The summed E-state index contributed by atoms with van der Waals surface area (Å²) in [6.45, 7) is 7.83. The Balaban J connectivity index is 1.61. The normalized spacial score (nSPS) is 26.7. The van der Waals surface area contributed by atoms with Crippen LogP contribution in [0.4, 0.5) is 0 Å². The Kier molecular flexibility index (Phi) is 7.05. The molecule has 180 valence electrons. The van der Waals surface area contributed by atoms with E-state index in [2.05, 4.69) is 45.0 Å². The Morgan fingerprint density at radius 3 is 2.36 bits per heavy atom. The highest BCUT2D eigenvalue weighted by Gasteiger charge is 2.49. The minimum atomic E-state index is -3.54. The number of rotatable bonds is 6. The Hall–Kier alpha value is -1.69. The van der Waals surface area contributed by atoms with E-state index in [0.29, 0.717) is 29.8 Å². The van der Waals surface area contributed by atoms with Crippen LogP contribution in [0.3, 0.4) is 0 Å². The first kappa shape index (κ1) is 24.4. The lowest BCUT2D eigenvalue weighted by atomic mass is 9.58. The second-order valence-electron chi connectivity index (χ2n) is 11.3. The number of aliphatic hydroxyl groups excluding tert-OH is 1. The van der Waals surface area contributed by atoms with Gasteiger partial charge < -0.3 is 5.11 Å². The summed E-state index contributed by atoms with van der Waals surface area (Å²) in [5.41, 5.74) is 2.39. The molecule has 1 saturated heterocycles. The molecule has 5 heteroatoms. The lowest BCUT2D eigenvalue weighted by Crippen LogP contribution is -2.54. The summed E-state index contributed by atoms with van der Waals surface area (Å²) in [6, 6.07) is 18.0. The molecule has 4 nitrogen and oxygen atoms in total. The fourth-order valence-electron chi connectivity index (χ4n) is 6.05. The topological polar surface area (TPSA) is 57.6 Å². The highest BCUT2D eigenvalue weighted by molar-refractivity contribution is 7.89. The summed E-state index contributed by atoms with van der Waals surface area (Å²) in [6.07, 6.45) is 5.86. The molecule has 2 aromatic rings. The van der Waals surface area contributed by atoms with Gasteiger partial charge in [0.05, 0.1) is 4.90 Å². The summed E-state index contributed by atoms with van der Waals surface area (Å²) in [5, 5.41) is 9.47. The molecule has 0 radical (unpaired) electrons. The molecule has 3 atom stereocenters. The lowest BCUT2D eigenvalue weighted by molar-refractivity contribution is -0.000205. The molecule has 4 rings (SSSR count). The first-order valence-electron chi connectivity index (χ1n) is 12.4. The number of hydrogen-bond donors (Lipinski definition) is 1. The van der Waals surface area contributed by atoms with Crippen molar-refractivity contribution in [3.05, 3.63) is 65.7 Å². The summed E-state index contributed by atoms with van der Waals surface area (Å²) < 4.78 is 29.1. The van der Waals surface area contributed by atoms with Crippen LogP contribution in [0.1, 0.15) is 64.0 Å². The molecule has 1 aliphatic carbocycles. The van der Waals surface area contributed by atoms with Gasteiger partial charge in [0.25, 0.3) is 0 Å². The Morgan fingerprint density at radius 2 is 1.73 bits per heavy atom. The fraction of sp³-hybridized carbons (Fsp3) is 0.571. The van der Waals surface area contributed by atoms with Gasteiger partial charge in [0, 0.05) is 19.7 Å². The summed E-state index contributed by atoms with van der Waals surface area (Å²) in [7, 11) is -3.54. The molecule has 1 saturated carbocycles. The van der Waals surface area contributed by atoms with E-state index in [9.17, 15) is 13.5 Å². The minimum Gasteiger partial charge on any atom is -0.396 e. The minimum absolute atomic E-state index is 0.00636. The summed E-state index contributed by atoms with van der Waals surface area (Å²) >= 11 is 0. The van der Waals surface area contributed by atoms with E-state index in [0.717, 1.165) is 44.1 Å². The van der Waals surface area contributed by atoms with Crippen molar-refractivity contribution in [3.63, 3.8) is 0 Å². The van der Waals surface area contributed by atoms with Gasteiger partial charge in [-0.3, -0.25) is 0 Å². The highest BCUT2D eigenvalue weighted by Crippen LogP contribution is 2.51. The van der Waals surface area contributed by atoms with E-state index >= 15 is 0 Å². The largest absolute Gasteiger partial charge is 0.396 e. The van der Waals surface area contributed by atoms with Gasteiger partial charge in [-0.05, 0) is 84.5 Å². The maximum absolute atomic E-state index is 13.7. The molecular formula is C28H39NO3S. The van der Waals surface area contributed by atoms with Crippen LogP contribution in [0.5, 0.6) is 0 Å². The van der Waals surface area contributed by atoms with Gasteiger partial charge in [0.1, 0.15) is 0 Å². The Bertz CT molecular complexity index is 1030. The highest BCUT2D eigenvalue weighted by atomic mass is 32.2. The molecule has 0 amide bonds. The van der Waals surface area contributed by atoms with Crippen molar-refractivity contribution in [1.82, 2.24) is 4.31 Å². The van der Waals surface area contributed by atoms with Gasteiger partial charge in [0.15, 0.2) is 0 Å². The average molecular weight is 470 g/mol. The second kappa shape index (κ2) is 9.52. The van der Waals surface area contributed by atoms with E-state index in [1.54, 1.807) is 16.4 Å². The molecular weight excluding hydrogens is 430 g/mol. The van der Waals surface area contributed by atoms with Crippen molar-refractivity contribution in [2.75, 3.05) is 19.7 Å². The number of piperidine rings is 1. The summed E-state index contributed by atoms with van der Waals surface area (Å²) in [5.74, 6) is 1.05. The lowest BCUT2D eigenvalue weighted by Gasteiger charge is -2.52. The van der Waals surface area contributed by atoms with Crippen molar-refractivity contribution in [2.24, 2.45) is 17.3 Å². The molecule has 2 aromatic carbocycles. The van der Waals surface area contributed by atoms with Gasteiger partial charge in [-0.15, -0.1) is 0 Å². The molecule has 0 aromatic heterocycles. The predicted octanol–water partition coefficient (Wildman–Crippen LogP) is 5.41. The zero-order chi connectivity index (χ0) is 23.7. The predicted molar refractivity (Wildman–Crippen MR) is 134 cm³/mol. The van der Waals surface area contributed by atoms with Crippen LogP contribution < -0.4 is 0 Å². The molecule has 1 N–H and O–H groups in total. The molecule has 2 aliphatic rings. The number of benzene rings is 2. The number of nitrogens with zero attached hydrogens (tertiary/aromatic N) is 1. The molecule has 3 unspecified atom stereocenters. The molecule has 0 bridgehead atoms. The average Bonchev–Trinajstić information content (AvgIpc) is 2.79. The van der Waals surface area contributed by atoms with Crippen LogP contribution >= 0.6 is 0 Å². The molecule has 1 aliphatic heterocycles. The van der Waals surface area contributed by atoms with Crippen molar-refractivity contribution in [1.29, 1.82) is 0 Å². The van der Waals surface area contributed by atoms with Crippen LogP contribution in [-0.4, -0.2) is 37.5 Å². The number of sulfonamides is 1. The van der Waals surface area contributed by atoms with E-state index in [4.69, 9.17) is 0 Å². The van der Waals surface area contributed by atoms with E-state index in [1.807, 2.05) is 18.2 Å². The standard InChI is InChI=1S/C28H39NO3S/c1-27(2,3)24-9-11-26(12-10-24)33(31,32)29-17-14-25-19-22(15-18-30)13-16-28(25,21-29)20-23-7-5-4-6-8-23/h4-12,22,25,30H,13-21H2,1-3H3. The van der Waals surface area contributed by atoms with Gasteiger partial charge in [-0.2, -0.15) is 4.31 Å². The quantitative estimate of drug-likeness (QED) is 0.616. The van der Waals surface area contributed by atoms with E-state index < -0.39 is 10.0 Å². The zero-order valence-corrected chi connectivity index (χ0v) is 21.2. The van der Waals surface area contributed by atoms with E-state index in [1.165, 1.54) is 5.56 Å². The van der Waals surface area contributed by atoms with E-state index in [-0.39, 0.29) is 17.4 Å². The van der Waals surface area contributed by atoms with Crippen LogP contribution in [0.2, 0.25) is 0 Å². The van der Waals surface area contributed by atoms with Gasteiger partial charge in [-0.25, -0.2) is 8.42 Å². The number of fused-ring (bicyclic) bond motifs is 1. The maximum atomic E-state index is 13.7. The van der Waals surface area contributed by atoms with Crippen molar-refractivity contribution >= 4 is 10.0 Å². The summed E-state index contributed by atoms with van der Waals surface area (Å²) in [4.78, 5) is 0.401. The van der Waals surface area contributed by atoms with Gasteiger partial charge >= 0.3 is 0 Å². The first-order valence-corrected chi connectivity index (χ1v) is 13.8. The van der Waals surface area contributed by atoms with Gasteiger partial charge in [-0.1, -0.05) is 63.2 Å². The van der Waals surface area contributed by atoms with Crippen LogP contribution in [0.25, 0.3) is 0 Å². The first-order chi connectivity index (χ1) is 15.6. The SMILES string of the molecule is CC(C)(C)c1ccc(S(=O)(=O)N2CCC3CC(CCO)CCC3(Cc3ccccc3)C2)cc1. The third kappa shape index (κ3) is 5.21. The van der Waals surface area contributed by atoms with Crippen LogP contribution in [0.15, 0.2) is 59.5 Å². The van der Waals surface area contributed by atoms with Crippen molar-refractivity contribution < 1.29 is 13.5 Å². The molecule has 33 heavy (non-hydrogen) atoms. The zero-order valence-electron chi connectivity index (χ0n) is 20.3. The Morgan fingerprint density at radius 1 is 1.03 bits per heavy atom. The molecule has 0 spiro atoms. The van der Waals surface area contributed by atoms with Crippen LogP contribution in [-0.2, 0) is 21.9 Å². The maximum Gasteiger partial charge on any atom is 0.243 e. The smallest absolute Gasteiger partial charge is 0.243 e. The van der Waals surface area contributed by atoms with Crippen molar-refractivity contribution in [3.8, 4) is 0 Å². The Labute approximate surface area is 200 Å². The monoisotopic (exact) mass is 469 g/mol. The number of hydrogen-bond acceptors (Lipinski definition) is 3. The van der Waals surface area contributed by atoms with Crippen LogP contribution in [0, 0.1) is 17.3 Å². The van der Waals surface area contributed by atoms with Gasteiger partial charge in [0.2, 0.25) is 10.0 Å². The fourth-order valence-corrected chi connectivity index (χ4v) is 7.60. The number of aliphatic hydroxyl groups is 1. The molecule has 2 fully saturated rings. The van der Waals surface area contributed by atoms with Crippen molar-refractivity contribution in [2.45, 2.75) is 69.6 Å². The second-order valence-corrected chi connectivity index (χ2v) is 13.2.